The molecule has 0 aliphatic carbocycles. The van der Waals surface area contributed by atoms with Gasteiger partial charge in [0, 0.05) is 0 Å². The number of terminal acetylenes is 1. The van der Waals surface area contributed by atoms with Crippen LogP contribution in [0.5, 0.6) is 0 Å². The molecule has 62 valence electrons. The average Bonchev–Trinajstić information content (AvgIpc) is 1.97. The molecular formula is C8H10F2O. The molecule has 0 saturated carbocycles. The third-order valence-corrected chi connectivity index (χ3v) is 1.05. The largest absolute Gasteiger partial charge is 0.365 e. The van der Waals surface area contributed by atoms with Gasteiger partial charge in [-0.2, -0.15) is 0 Å². The third-order valence-electron chi connectivity index (χ3n) is 1.05. The second kappa shape index (κ2) is 5.87. The predicted molar refractivity (Wildman–Crippen MR) is 39.4 cm³/mol. The van der Waals surface area contributed by atoms with Crippen LogP contribution < -0.4 is 0 Å². The van der Waals surface area contributed by atoms with Crippen LogP contribution in [0.3, 0.4) is 0 Å². The fourth-order valence-corrected chi connectivity index (χ4v) is 0.397. The van der Waals surface area contributed by atoms with Crippen molar-refractivity contribution in [2.75, 3.05) is 13.2 Å². The Morgan fingerprint density at radius 2 is 2.36 bits per heavy atom. The standard InChI is InChI=1S/C8H10F2O/c1-3-5-11-6-4-7(2)8(9)10/h1,4,8H,5-6H2,2H3. The number of rotatable bonds is 4. The molecule has 0 aromatic carbocycles. The van der Waals surface area contributed by atoms with Crippen LogP contribution in [-0.2, 0) is 4.74 Å². The van der Waals surface area contributed by atoms with Crippen molar-refractivity contribution in [1.29, 1.82) is 0 Å². The van der Waals surface area contributed by atoms with Crippen molar-refractivity contribution in [2.24, 2.45) is 0 Å². The maximum atomic E-state index is 11.8. The Morgan fingerprint density at radius 3 is 2.82 bits per heavy atom. The minimum atomic E-state index is -2.40. The van der Waals surface area contributed by atoms with Crippen LogP contribution in [0.2, 0.25) is 0 Å². The molecule has 0 amide bonds. The Bertz CT molecular complexity index is 167. The number of hydrogen-bond acceptors (Lipinski definition) is 1. The van der Waals surface area contributed by atoms with Gasteiger partial charge in [0.2, 0.25) is 0 Å². The predicted octanol–water partition coefficient (Wildman–Crippen LogP) is 1.85. The summed E-state index contributed by atoms with van der Waals surface area (Å²) in [5.41, 5.74) is 0.0158. The van der Waals surface area contributed by atoms with E-state index in [0.29, 0.717) is 0 Å². The second-order valence-electron chi connectivity index (χ2n) is 1.97. The zero-order valence-electron chi connectivity index (χ0n) is 6.31. The first-order valence-electron chi connectivity index (χ1n) is 3.14. The summed E-state index contributed by atoms with van der Waals surface area (Å²) in [6.07, 6.45) is 3.78. The van der Waals surface area contributed by atoms with Crippen molar-refractivity contribution in [3.63, 3.8) is 0 Å². The fourth-order valence-electron chi connectivity index (χ4n) is 0.397. The van der Waals surface area contributed by atoms with Gasteiger partial charge in [-0.25, -0.2) is 8.78 Å². The highest BCUT2D eigenvalue weighted by molar-refractivity contribution is 5.00. The lowest BCUT2D eigenvalue weighted by molar-refractivity contribution is 0.178. The Balaban J connectivity index is 3.50. The fraction of sp³-hybridized carbons (Fsp3) is 0.500. The topological polar surface area (TPSA) is 9.23 Å². The van der Waals surface area contributed by atoms with Crippen LogP contribution in [0, 0.1) is 12.3 Å². The summed E-state index contributed by atoms with van der Waals surface area (Å²) in [6, 6.07) is 0. The summed E-state index contributed by atoms with van der Waals surface area (Å²) in [5, 5.41) is 0. The van der Waals surface area contributed by atoms with Gasteiger partial charge in [-0.3, -0.25) is 0 Å². The minimum Gasteiger partial charge on any atom is -0.365 e. The average molecular weight is 160 g/mol. The molecule has 0 radical (unpaired) electrons. The van der Waals surface area contributed by atoms with E-state index in [1.165, 1.54) is 13.0 Å². The monoisotopic (exact) mass is 160 g/mol. The molecule has 0 fully saturated rings. The zero-order chi connectivity index (χ0) is 8.69. The van der Waals surface area contributed by atoms with E-state index in [9.17, 15) is 8.78 Å². The second-order valence-corrected chi connectivity index (χ2v) is 1.97. The number of halogens is 2. The van der Waals surface area contributed by atoms with Gasteiger partial charge in [-0.1, -0.05) is 12.0 Å². The molecule has 0 N–H and O–H groups in total. The van der Waals surface area contributed by atoms with Crippen LogP contribution in [0.4, 0.5) is 8.78 Å². The van der Waals surface area contributed by atoms with E-state index in [4.69, 9.17) is 11.2 Å². The Hall–Kier alpha value is -0.880. The number of hydrogen-bond donors (Lipinski definition) is 0. The van der Waals surface area contributed by atoms with Crippen molar-refractivity contribution in [1.82, 2.24) is 0 Å². The Kier molecular flexibility index (Phi) is 5.40. The molecule has 0 aliphatic rings. The maximum absolute atomic E-state index is 11.8. The molecule has 0 saturated heterocycles. The van der Waals surface area contributed by atoms with Gasteiger partial charge in [0.15, 0.2) is 0 Å². The summed E-state index contributed by atoms with van der Waals surface area (Å²) >= 11 is 0. The van der Waals surface area contributed by atoms with Crippen LogP contribution in [0.15, 0.2) is 11.6 Å². The SMILES string of the molecule is C#CCOCC=C(C)C(F)F. The lowest BCUT2D eigenvalue weighted by Crippen LogP contribution is -1.96. The molecule has 11 heavy (non-hydrogen) atoms. The molecule has 1 nitrogen and oxygen atoms in total. The molecule has 0 unspecified atom stereocenters. The van der Waals surface area contributed by atoms with Crippen LogP contribution in [0.1, 0.15) is 6.92 Å². The van der Waals surface area contributed by atoms with E-state index in [1.54, 1.807) is 0 Å². The first kappa shape index (κ1) is 10.1. The normalized spacial score (nSPS) is 11.7. The van der Waals surface area contributed by atoms with E-state index >= 15 is 0 Å². The first-order valence-corrected chi connectivity index (χ1v) is 3.14. The summed E-state index contributed by atoms with van der Waals surface area (Å²) in [5.74, 6) is 2.23. The van der Waals surface area contributed by atoms with Crippen molar-refractivity contribution >= 4 is 0 Å². The van der Waals surface area contributed by atoms with E-state index < -0.39 is 6.43 Å². The highest BCUT2D eigenvalue weighted by Gasteiger charge is 2.02. The van der Waals surface area contributed by atoms with E-state index in [2.05, 4.69) is 5.92 Å². The van der Waals surface area contributed by atoms with Gasteiger partial charge in [-0.05, 0) is 12.5 Å². The highest BCUT2D eigenvalue weighted by Crippen LogP contribution is 2.05. The Morgan fingerprint density at radius 1 is 1.73 bits per heavy atom. The first-order chi connectivity index (χ1) is 5.18. The van der Waals surface area contributed by atoms with E-state index in [0.717, 1.165) is 0 Å². The number of alkyl halides is 2. The molecule has 3 heteroatoms. The van der Waals surface area contributed by atoms with E-state index in [1.807, 2.05) is 0 Å². The highest BCUT2D eigenvalue weighted by atomic mass is 19.3. The maximum Gasteiger partial charge on any atom is 0.259 e. The van der Waals surface area contributed by atoms with Crippen LogP contribution >= 0.6 is 0 Å². The molecule has 0 rings (SSSR count). The summed E-state index contributed by atoms with van der Waals surface area (Å²) in [4.78, 5) is 0. The molecule has 0 spiro atoms. The van der Waals surface area contributed by atoms with Crippen molar-refractivity contribution in [2.45, 2.75) is 13.3 Å². The third kappa shape index (κ3) is 5.56. The van der Waals surface area contributed by atoms with Crippen LogP contribution in [-0.4, -0.2) is 19.6 Å². The minimum absolute atomic E-state index is 0.0158. The number of ether oxygens (including phenoxy) is 1. The van der Waals surface area contributed by atoms with Crippen molar-refractivity contribution in [3.8, 4) is 12.3 Å². The van der Waals surface area contributed by atoms with Crippen molar-refractivity contribution < 1.29 is 13.5 Å². The molecule has 0 aromatic rings. The number of allylic oxidation sites excluding steroid dienone is 1. The van der Waals surface area contributed by atoms with Crippen LogP contribution in [0.25, 0.3) is 0 Å². The molecule has 0 aromatic heterocycles. The quantitative estimate of drug-likeness (QED) is 0.346. The molecule has 0 atom stereocenters. The molecule has 0 aliphatic heterocycles. The van der Waals surface area contributed by atoms with E-state index in [-0.39, 0.29) is 18.8 Å². The van der Waals surface area contributed by atoms with Gasteiger partial charge in [0.1, 0.15) is 6.61 Å². The zero-order valence-corrected chi connectivity index (χ0v) is 6.31. The molecule has 0 bridgehead atoms. The summed E-state index contributed by atoms with van der Waals surface area (Å²) < 4.78 is 28.3. The van der Waals surface area contributed by atoms with Gasteiger partial charge in [0.05, 0.1) is 6.61 Å². The summed E-state index contributed by atoms with van der Waals surface area (Å²) in [6.45, 7) is 1.66. The van der Waals surface area contributed by atoms with Gasteiger partial charge in [-0.15, -0.1) is 6.42 Å². The summed E-state index contributed by atoms with van der Waals surface area (Å²) in [7, 11) is 0. The Labute approximate surface area is 65.0 Å². The van der Waals surface area contributed by atoms with Gasteiger partial charge in [0.25, 0.3) is 6.43 Å². The molecule has 0 heterocycles. The van der Waals surface area contributed by atoms with Gasteiger partial charge < -0.3 is 4.74 Å². The molecular weight excluding hydrogens is 150 g/mol. The van der Waals surface area contributed by atoms with Gasteiger partial charge >= 0.3 is 0 Å². The smallest absolute Gasteiger partial charge is 0.259 e. The van der Waals surface area contributed by atoms with Crippen molar-refractivity contribution in [3.05, 3.63) is 11.6 Å². The lowest BCUT2D eigenvalue weighted by atomic mass is 10.3. The lowest BCUT2D eigenvalue weighted by Gasteiger charge is -1.98.